The van der Waals surface area contributed by atoms with Crippen molar-refractivity contribution in [3.63, 3.8) is 0 Å². The minimum absolute atomic E-state index is 0. The Morgan fingerprint density at radius 3 is 2.23 bits per heavy atom. The number of ether oxygens (including phenoxy) is 1. The third-order valence-corrected chi connectivity index (χ3v) is 4.02. The highest BCUT2D eigenvalue weighted by atomic mass is 16.5. The highest BCUT2D eigenvalue weighted by Gasteiger charge is 2.13. The van der Waals surface area contributed by atoms with Gasteiger partial charge in [-0.05, 0) is 18.6 Å². The number of aromatic hydroxyl groups is 1. The Morgan fingerprint density at radius 2 is 1.58 bits per heavy atom. The van der Waals surface area contributed by atoms with Gasteiger partial charge in [-0.2, -0.15) is 0 Å². The van der Waals surface area contributed by atoms with Crippen LogP contribution < -0.4 is 4.74 Å². The van der Waals surface area contributed by atoms with Gasteiger partial charge in [0.25, 0.3) is 0 Å². The quantitative estimate of drug-likeness (QED) is 0.383. The van der Waals surface area contributed by atoms with Crippen LogP contribution in [0.3, 0.4) is 0 Å². The van der Waals surface area contributed by atoms with Crippen molar-refractivity contribution >= 4 is 5.78 Å². The van der Waals surface area contributed by atoms with Crippen molar-refractivity contribution in [1.29, 1.82) is 0 Å². The summed E-state index contributed by atoms with van der Waals surface area (Å²) < 4.78 is 5.66. The smallest absolute Gasteiger partial charge is 0.196 e. The summed E-state index contributed by atoms with van der Waals surface area (Å²) >= 11 is 0. The van der Waals surface area contributed by atoms with E-state index in [4.69, 9.17) is 4.74 Å². The Labute approximate surface area is 159 Å². The van der Waals surface area contributed by atoms with E-state index in [1.807, 2.05) is 18.2 Å². The van der Waals surface area contributed by atoms with Crippen LogP contribution in [-0.4, -0.2) is 17.5 Å². The van der Waals surface area contributed by atoms with E-state index >= 15 is 0 Å². The Hall–Kier alpha value is -2.29. The Morgan fingerprint density at radius 1 is 0.923 bits per heavy atom. The fourth-order valence-corrected chi connectivity index (χ4v) is 2.61. The van der Waals surface area contributed by atoms with Crippen LogP contribution >= 0.6 is 0 Å². The number of unbranched alkanes of at least 4 members (excludes halogenated alkanes) is 5. The van der Waals surface area contributed by atoms with Gasteiger partial charge >= 0.3 is 0 Å². The molecule has 0 fully saturated rings. The second-order valence-electron chi connectivity index (χ2n) is 5.99. The maximum atomic E-state index is 12.4. The van der Waals surface area contributed by atoms with Gasteiger partial charge in [0, 0.05) is 11.6 Å². The Balaban J connectivity index is 0.00000312. The molecule has 0 saturated heterocycles. The van der Waals surface area contributed by atoms with Crippen LogP contribution in [0.5, 0.6) is 11.5 Å². The average Bonchev–Trinajstić information content (AvgIpc) is 2.61. The van der Waals surface area contributed by atoms with Gasteiger partial charge in [0.05, 0.1) is 12.2 Å². The summed E-state index contributed by atoms with van der Waals surface area (Å²) in [7, 11) is 0. The van der Waals surface area contributed by atoms with E-state index in [0.717, 1.165) is 12.8 Å². The average molecular weight is 359 g/mol. The molecule has 3 heteroatoms. The zero-order chi connectivity index (χ0) is 17.2. The minimum atomic E-state index is -0.185. The molecule has 0 amide bonds. The van der Waals surface area contributed by atoms with Gasteiger partial charge < -0.3 is 9.84 Å². The molecule has 0 radical (unpaired) electrons. The maximum absolute atomic E-state index is 12.4. The van der Waals surface area contributed by atoms with E-state index in [-0.39, 0.29) is 26.4 Å². The number of hydrogen-bond donors (Lipinski definition) is 1. The van der Waals surface area contributed by atoms with Crippen LogP contribution in [0.1, 0.15) is 76.2 Å². The summed E-state index contributed by atoms with van der Waals surface area (Å²) in [5.41, 5.74) is 0.863. The summed E-state index contributed by atoms with van der Waals surface area (Å²) in [5, 5.41) is 10.1. The molecular formula is C23H34O3. The van der Waals surface area contributed by atoms with Crippen molar-refractivity contribution < 1.29 is 14.6 Å². The predicted octanol–water partition coefficient (Wildman–Crippen LogP) is 6.63. The standard InChI is InChI=1S/C21H26O3.2CH4/c1-2-3-4-5-6-10-15-24-18-13-14-19(20(22)16-18)21(23)17-11-8-7-9-12-17;;/h7-9,11-14,16,22H,2-6,10,15H2,1H3;2*1H4. The largest absolute Gasteiger partial charge is 0.507 e. The third kappa shape index (κ3) is 7.30. The molecule has 0 aliphatic rings. The van der Waals surface area contributed by atoms with Crippen LogP contribution in [-0.2, 0) is 0 Å². The molecule has 0 saturated carbocycles. The first-order valence-electron chi connectivity index (χ1n) is 8.78. The SMILES string of the molecule is C.C.CCCCCCCCOc1ccc(C(=O)c2ccccc2)c(O)c1. The van der Waals surface area contributed by atoms with E-state index < -0.39 is 0 Å². The number of benzene rings is 2. The second kappa shape index (κ2) is 13.0. The third-order valence-electron chi connectivity index (χ3n) is 4.02. The molecule has 0 atom stereocenters. The first-order chi connectivity index (χ1) is 11.7. The molecule has 2 rings (SSSR count). The highest BCUT2D eigenvalue weighted by molar-refractivity contribution is 6.10. The lowest BCUT2D eigenvalue weighted by atomic mass is 10.0. The summed E-state index contributed by atoms with van der Waals surface area (Å²) in [5.74, 6) is 0.380. The number of carbonyl (C=O) groups is 1. The topological polar surface area (TPSA) is 46.5 Å². The van der Waals surface area contributed by atoms with Crippen molar-refractivity contribution in [1.82, 2.24) is 0 Å². The molecule has 0 heterocycles. The van der Waals surface area contributed by atoms with Gasteiger partial charge in [0.1, 0.15) is 11.5 Å². The number of hydrogen-bond acceptors (Lipinski definition) is 3. The molecule has 2 aromatic carbocycles. The Kier molecular flexibility index (Phi) is 11.8. The van der Waals surface area contributed by atoms with Crippen LogP contribution in [0, 0.1) is 0 Å². The fourth-order valence-electron chi connectivity index (χ4n) is 2.61. The number of phenolic OH excluding ortho intramolecular Hbond substituents is 1. The van der Waals surface area contributed by atoms with E-state index in [9.17, 15) is 9.90 Å². The molecule has 26 heavy (non-hydrogen) atoms. The molecule has 0 aliphatic heterocycles. The second-order valence-corrected chi connectivity index (χ2v) is 5.99. The van der Waals surface area contributed by atoms with Gasteiger partial charge in [0.15, 0.2) is 5.78 Å². The van der Waals surface area contributed by atoms with Crippen LogP contribution in [0.15, 0.2) is 48.5 Å². The molecule has 0 spiro atoms. The maximum Gasteiger partial charge on any atom is 0.196 e. The van der Waals surface area contributed by atoms with E-state index in [1.54, 1.807) is 24.3 Å². The van der Waals surface area contributed by atoms with E-state index in [1.165, 1.54) is 31.7 Å². The number of ketones is 1. The van der Waals surface area contributed by atoms with E-state index in [2.05, 4.69) is 6.92 Å². The molecule has 0 bridgehead atoms. The number of carbonyl (C=O) groups excluding carboxylic acids is 1. The van der Waals surface area contributed by atoms with Crippen LogP contribution in [0.4, 0.5) is 0 Å². The van der Waals surface area contributed by atoms with Gasteiger partial charge in [-0.3, -0.25) is 4.79 Å². The van der Waals surface area contributed by atoms with Gasteiger partial charge in [-0.1, -0.05) is 84.2 Å². The highest BCUT2D eigenvalue weighted by Crippen LogP contribution is 2.26. The van der Waals surface area contributed by atoms with Gasteiger partial charge in [-0.15, -0.1) is 0 Å². The monoisotopic (exact) mass is 358 g/mol. The fraction of sp³-hybridized carbons (Fsp3) is 0.435. The van der Waals surface area contributed by atoms with Gasteiger partial charge in [0.2, 0.25) is 0 Å². The van der Waals surface area contributed by atoms with E-state index in [0.29, 0.717) is 23.5 Å². The minimum Gasteiger partial charge on any atom is -0.507 e. The van der Waals surface area contributed by atoms with Gasteiger partial charge in [-0.25, -0.2) is 0 Å². The molecule has 144 valence electrons. The first-order valence-corrected chi connectivity index (χ1v) is 8.78. The molecule has 3 nitrogen and oxygen atoms in total. The first kappa shape index (κ1) is 23.7. The summed E-state index contributed by atoms with van der Waals surface area (Å²) in [6.45, 7) is 2.85. The zero-order valence-electron chi connectivity index (χ0n) is 14.3. The summed E-state index contributed by atoms with van der Waals surface area (Å²) in [6, 6.07) is 13.8. The number of phenols is 1. The molecule has 0 unspecified atom stereocenters. The van der Waals surface area contributed by atoms with Crippen LogP contribution in [0.2, 0.25) is 0 Å². The summed E-state index contributed by atoms with van der Waals surface area (Å²) in [6.07, 6.45) is 7.25. The van der Waals surface area contributed by atoms with Crippen molar-refractivity contribution in [2.45, 2.75) is 60.3 Å². The molecule has 0 aliphatic carbocycles. The predicted molar refractivity (Wildman–Crippen MR) is 110 cm³/mol. The van der Waals surface area contributed by atoms with Crippen molar-refractivity contribution in [2.24, 2.45) is 0 Å². The van der Waals surface area contributed by atoms with Crippen molar-refractivity contribution in [2.75, 3.05) is 6.61 Å². The lowest BCUT2D eigenvalue weighted by molar-refractivity contribution is 0.103. The lowest BCUT2D eigenvalue weighted by Crippen LogP contribution is -2.02. The van der Waals surface area contributed by atoms with Crippen molar-refractivity contribution in [3.05, 3.63) is 59.7 Å². The number of rotatable bonds is 10. The molecule has 0 aromatic heterocycles. The Bertz CT molecular complexity index is 635. The summed E-state index contributed by atoms with van der Waals surface area (Å²) in [4.78, 5) is 12.4. The molecular weight excluding hydrogens is 324 g/mol. The van der Waals surface area contributed by atoms with Crippen molar-refractivity contribution in [3.8, 4) is 11.5 Å². The normalized spacial score (nSPS) is 9.73. The molecule has 1 N–H and O–H groups in total. The zero-order valence-corrected chi connectivity index (χ0v) is 14.3. The molecule has 2 aromatic rings. The lowest BCUT2D eigenvalue weighted by Gasteiger charge is -2.09. The van der Waals surface area contributed by atoms with Crippen LogP contribution in [0.25, 0.3) is 0 Å².